The summed E-state index contributed by atoms with van der Waals surface area (Å²) in [5, 5.41) is 3.62. The van der Waals surface area contributed by atoms with Crippen LogP contribution in [0.2, 0.25) is 0 Å². The first-order chi connectivity index (χ1) is 8.38. The molecule has 0 radical (unpaired) electrons. The van der Waals surface area contributed by atoms with Crippen LogP contribution in [0.1, 0.15) is 65.2 Å². The first-order valence-corrected chi connectivity index (χ1v) is 7.44. The van der Waals surface area contributed by atoms with Gasteiger partial charge in [-0.05, 0) is 38.3 Å². The molecule has 0 bridgehead atoms. The molecule has 2 nitrogen and oxygen atoms in total. The smallest absolute Gasteiger partial charge is 0.109 e. The monoisotopic (exact) mass is 239 g/mol. The van der Waals surface area contributed by atoms with Crippen molar-refractivity contribution in [1.82, 2.24) is 5.32 Å². The summed E-state index contributed by atoms with van der Waals surface area (Å²) in [5.41, 5.74) is 0. The number of ether oxygens (including phenoxy) is 1. The SMILES string of the molecule is CCCCCCC(NCCC)C1=CCCCO1. The van der Waals surface area contributed by atoms with Crippen LogP contribution < -0.4 is 5.32 Å². The Morgan fingerprint density at radius 2 is 2.12 bits per heavy atom. The van der Waals surface area contributed by atoms with Crippen LogP contribution >= 0.6 is 0 Å². The number of allylic oxidation sites excluding steroid dienone is 1. The molecule has 0 saturated heterocycles. The molecule has 0 amide bonds. The normalized spacial score (nSPS) is 17.4. The predicted molar refractivity (Wildman–Crippen MR) is 74.1 cm³/mol. The second kappa shape index (κ2) is 9.52. The van der Waals surface area contributed by atoms with E-state index >= 15 is 0 Å². The van der Waals surface area contributed by atoms with Crippen LogP contribution in [-0.2, 0) is 4.74 Å². The van der Waals surface area contributed by atoms with Crippen molar-refractivity contribution in [3.8, 4) is 0 Å². The maximum atomic E-state index is 5.79. The maximum Gasteiger partial charge on any atom is 0.109 e. The van der Waals surface area contributed by atoms with Crippen molar-refractivity contribution >= 4 is 0 Å². The lowest BCUT2D eigenvalue weighted by Crippen LogP contribution is -2.33. The number of hydrogen-bond donors (Lipinski definition) is 1. The summed E-state index contributed by atoms with van der Waals surface area (Å²) in [6.07, 6.45) is 12.4. The number of nitrogens with one attached hydrogen (secondary N) is 1. The number of hydrogen-bond acceptors (Lipinski definition) is 2. The van der Waals surface area contributed by atoms with E-state index in [1.165, 1.54) is 57.1 Å². The Morgan fingerprint density at radius 1 is 1.24 bits per heavy atom. The van der Waals surface area contributed by atoms with E-state index in [1.807, 2.05) is 0 Å². The van der Waals surface area contributed by atoms with Crippen molar-refractivity contribution in [1.29, 1.82) is 0 Å². The largest absolute Gasteiger partial charge is 0.497 e. The van der Waals surface area contributed by atoms with Gasteiger partial charge >= 0.3 is 0 Å². The number of rotatable bonds is 9. The van der Waals surface area contributed by atoms with Gasteiger partial charge in [-0.25, -0.2) is 0 Å². The van der Waals surface area contributed by atoms with Crippen molar-refractivity contribution < 1.29 is 4.74 Å². The van der Waals surface area contributed by atoms with Gasteiger partial charge in [0, 0.05) is 0 Å². The number of unbranched alkanes of at least 4 members (excludes halogenated alkanes) is 3. The fourth-order valence-electron chi connectivity index (χ4n) is 2.26. The molecule has 0 aromatic rings. The fraction of sp³-hybridized carbons (Fsp3) is 0.867. The minimum absolute atomic E-state index is 0.465. The lowest BCUT2D eigenvalue weighted by atomic mass is 10.0. The van der Waals surface area contributed by atoms with Crippen LogP contribution in [0, 0.1) is 0 Å². The van der Waals surface area contributed by atoms with Gasteiger partial charge in [0.15, 0.2) is 0 Å². The van der Waals surface area contributed by atoms with Crippen molar-refractivity contribution in [3.63, 3.8) is 0 Å². The van der Waals surface area contributed by atoms with E-state index < -0.39 is 0 Å². The second-order valence-electron chi connectivity index (χ2n) is 4.95. The molecule has 100 valence electrons. The van der Waals surface area contributed by atoms with E-state index in [2.05, 4.69) is 25.2 Å². The molecule has 1 heterocycles. The summed E-state index contributed by atoms with van der Waals surface area (Å²) in [5.74, 6) is 1.21. The molecule has 1 aliphatic rings. The molecule has 0 aliphatic carbocycles. The van der Waals surface area contributed by atoms with Crippen LogP contribution in [0.15, 0.2) is 11.8 Å². The van der Waals surface area contributed by atoms with Gasteiger partial charge < -0.3 is 10.1 Å². The summed E-state index contributed by atoms with van der Waals surface area (Å²) in [6, 6.07) is 0.465. The first kappa shape index (κ1) is 14.6. The zero-order chi connectivity index (χ0) is 12.3. The van der Waals surface area contributed by atoms with E-state index in [4.69, 9.17) is 4.74 Å². The summed E-state index contributed by atoms with van der Waals surface area (Å²) in [6.45, 7) is 6.49. The van der Waals surface area contributed by atoms with Gasteiger partial charge in [-0.2, -0.15) is 0 Å². The topological polar surface area (TPSA) is 21.3 Å². The standard InChI is InChI=1S/C15H29NO/c1-3-5-6-7-10-14(16-12-4-2)15-11-8-9-13-17-15/h11,14,16H,3-10,12-13H2,1-2H3. The Bertz CT molecular complexity index is 213. The molecule has 1 N–H and O–H groups in total. The summed E-state index contributed by atoms with van der Waals surface area (Å²) >= 11 is 0. The average molecular weight is 239 g/mol. The van der Waals surface area contributed by atoms with Gasteiger partial charge in [-0.1, -0.05) is 39.5 Å². The molecule has 0 aromatic carbocycles. The Hall–Kier alpha value is -0.500. The molecular weight excluding hydrogens is 210 g/mol. The summed E-state index contributed by atoms with van der Waals surface area (Å²) in [7, 11) is 0. The molecular formula is C15H29NO. The summed E-state index contributed by atoms with van der Waals surface area (Å²) < 4.78 is 5.79. The van der Waals surface area contributed by atoms with Gasteiger partial charge in [-0.3, -0.25) is 0 Å². The zero-order valence-corrected chi connectivity index (χ0v) is 11.6. The van der Waals surface area contributed by atoms with Crippen molar-refractivity contribution in [2.24, 2.45) is 0 Å². The van der Waals surface area contributed by atoms with Crippen molar-refractivity contribution in [3.05, 3.63) is 11.8 Å². The molecule has 1 aliphatic heterocycles. The Morgan fingerprint density at radius 3 is 2.76 bits per heavy atom. The van der Waals surface area contributed by atoms with E-state index in [0.29, 0.717) is 6.04 Å². The van der Waals surface area contributed by atoms with E-state index in [1.54, 1.807) is 0 Å². The van der Waals surface area contributed by atoms with Gasteiger partial charge in [-0.15, -0.1) is 0 Å². The molecule has 0 saturated carbocycles. The lowest BCUT2D eigenvalue weighted by Gasteiger charge is -2.24. The average Bonchev–Trinajstić information content (AvgIpc) is 2.39. The quantitative estimate of drug-likeness (QED) is 0.614. The molecule has 0 spiro atoms. The molecule has 1 rings (SSSR count). The lowest BCUT2D eigenvalue weighted by molar-refractivity contribution is 0.164. The summed E-state index contributed by atoms with van der Waals surface area (Å²) in [4.78, 5) is 0. The Kier molecular flexibility index (Phi) is 8.16. The highest BCUT2D eigenvalue weighted by atomic mass is 16.5. The molecule has 2 heteroatoms. The third kappa shape index (κ3) is 6.11. The Balaban J connectivity index is 2.33. The molecule has 0 fully saturated rings. The van der Waals surface area contributed by atoms with Crippen LogP contribution in [-0.4, -0.2) is 19.2 Å². The minimum Gasteiger partial charge on any atom is -0.497 e. The van der Waals surface area contributed by atoms with E-state index in [9.17, 15) is 0 Å². The van der Waals surface area contributed by atoms with Gasteiger partial charge in [0.25, 0.3) is 0 Å². The highest BCUT2D eigenvalue weighted by Gasteiger charge is 2.16. The van der Waals surface area contributed by atoms with Gasteiger partial charge in [0.1, 0.15) is 5.76 Å². The van der Waals surface area contributed by atoms with Gasteiger partial charge in [0.2, 0.25) is 0 Å². The Labute approximate surface area is 107 Å². The zero-order valence-electron chi connectivity index (χ0n) is 11.6. The predicted octanol–water partition coefficient (Wildman–Crippen LogP) is 4.02. The molecule has 1 atom stereocenters. The van der Waals surface area contributed by atoms with Gasteiger partial charge in [0.05, 0.1) is 12.6 Å². The maximum absolute atomic E-state index is 5.79. The van der Waals surface area contributed by atoms with Crippen molar-refractivity contribution in [2.75, 3.05) is 13.2 Å². The highest BCUT2D eigenvalue weighted by Crippen LogP contribution is 2.18. The molecule has 0 aromatic heterocycles. The fourth-order valence-corrected chi connectivity index (χ4v) is 2.26. The molecule has 17 heavy (non-hydrogen) atoms. The van der Waals surface area contributed by atoms with E-state index in [-0.39, 0.29) is 0 Å². The highest BCUT2D eigenvalue weighted by molar-refractivity contribution is 5.05. The van der Waals surface area contributed by atoms with Crippen LogP contribution in [0.25, 0.3) is 0 Å². The minimum atomic E-state index is 0.465. The third-order valence-electron chi connectivity index (χ3n) is 3.29. The van der Waals surface area contributed by atoms with Crippen LogP contribution in [0.4, 0.5) is 0 Å². The third-order valence-corrected chi connectivity index (χ3v) is 3.29. The van der Waals surface area contributed by atoms with Crippen molar-refractivity contribution in [2.45, 2.75) is 71.3 Å². The van der Waals surface area contributed by atoms with E-state index in [0.717, 1.165) is 13.2 Å². The van der Waals surface area contributed by atoms with Crippen LogP contribution in [0.5, 0.6) is 0 Å². The molecule has 1 unspecified atom stereocenters. The van der Waals surface area contributed by atoms with Crippen LogP contribution in [0.3, 0.4) is 0 Å². The first-order valence-electron chi connectivity index (χ1n) is 7.44. The second-order valence-corrected chi connectivity index (χ2v) is 4.95.